The van der Waals surface area contributed by atoms with E-state index >= 15 is 0 Å². The third kappa shape index (κ3) is 1.83. The lowest BCUT2D eigenvalue weighted by molar-refractivity contribution is 0.0924. The second-order valence-corrected chi connectivity index (χ2v) is 4.05. The van der Waals surface area contributed by atoms with Gasteiger partial charge in [-0.3, -0.25) is 4.79 Å². The molecule has 73 valence electrons. The average molecular weight is 208 g/mol. The Balaban J connectivity index is 2.22. The Morgan fingerprint density at radius 3 is 2.79 bits per heavy atom. The summed E-state index contributed by atoms with van der Waals surface area (Å²) < 4.78 is 0. The Hall–Kier alpha value is -0.820. The number of Topliss-reactive ketones (excluding diaryl/α,β-unsaturated/α-hetero) is 1. The van der Waals surface area contributed by atoms with E-state index in [0.29, 0.717) is 10.6 Å². The van der Waals surface area contributed by atoms with E-state index < -0.39 is 0 Å². The summed E-state index contributed by atoms with van der Waals surface area (Å²) in [6.07, 6.45) is 5.12. The lowest BCUT2D eigenvalue weighted by atomic mass is 9.96. The van der Waals surface area contributed by atoms with Crippen molar-refractivity contribution in [3.05, 3.63) is 41.3 Å². The van der Waals surface area contributed by atoms with Gasteiger partial charge in [0.25, 0.3) is 0 Å². The normalized spacial score (nSPS) is 17.2. The van der Waals surface area contributed by atoms with E-state index in [1.807, 2.05) is 18.2 Å². The van der Waals surface area contributed by atoms with E-state index in [4.69, 9.17) is 11.6 Å². The van der Waals surface area contributed by atoms with Gasteiger partial charge in [0.2, 0.25) is 0 Å². The number of halogens is 1. The molecule has 0 bridgehead atoms. The molecule has 0 amide bonds. The maximum absolute atomic E-state index is 12.0. The summed E-state index contributed by atoms with van der Waals surface area (Å²) >= 11 is 5.97. The van der Waals surface area contributed by atoms with Crippen LogP contribution in [-0.4, -0.2) is 5.78 Å². The maximum atomic E-state index is 12.0. The van der Waals surface area contributed by atoms with Crippen molar-refractivity contribution in [1.82, 2.24) is 0 Å². The van der Waals surface area contributed by atoms with Gasteiger partial charge < -0.3 is 0 Å². The van der Waals surface area contributed by atoms with Gasteiger partial charge in [-0.25, -0.2) is 0 Å². The molecule has 1 atom stereocenters. The summed E-state index contributed by atoms with van der Waals surface area (Å²) in [5.74, 6) is 0.360. The van der Waals surface area contributed by atoms with Crippen LogP contribution in [0.15, 0.2) is 24.3 Å². The van der Waals surface area contributed by atoms with Crippen LogP contribution in [0.4, 0.5) is 0 Å². The van der Waals surface area contributed by atoms with Crippen molar-refractivity contribution in [3.63, 3.8) is 0 Å². The van der Waals surface area contributed by atoms with Gasteiger partial charge >= 0.3 is 0 Å². The Bertz CT molecular complexity index is 340. The molecule has 1 aliphatic carbocycles. The molecule has 1 radical (unpaired) electrons. The van der Waals surface area contributed by atoms with Crippen molar-refractivity contribution in [1.29, 1.82) is 0 Å². The van der Waals surface area contributed by atoms with Crippen LogP contribution in [0, 0.1) is 12.3 Å². The van der Waals surface area contributed by atoms with Crippen molar-refractivity contribution >= 4 is 17.4 Å². The summed E-state index contributed by atoms with van der Waals surface area (Å²) in [6, 6.07) is 7.29. The summed E-state index contributed by atoms with van der Waals surface area (Å²) in [5, 5.41) is 0.574. The van der Waals surface area contributed by atoms with E-state index in [1.165, 1.54) is 0 Å². The molecule has 0 saturated heterocycles. The van der Waals surface area contributed by atoms with Crippen molar-refractivity contribution in [3.8, 4) is 0 Å². The van der Waals surface area contributed by atoms with Gasteiger partial charge in [0, 0.05) is 11.5 Å². The molecule has 0 heterocycles. The minimum atomic E-state index is 0.162. The molecule has 1 aliphatic rings. The number of ketones is 1. The fourth-order valence-corrected chi connectivity index (χ4v) is 2.10. The largest absolute Gasteiger partial charge is 0.294 e. The molecular formula is C12H12ClO. The van der Waals surface area contributed by atoms with E-state index in [9.17, 15) is 4.79 Å². The fourth-order valence-electron chi connectivity index (χ4n) is 1.88. The number of carbonyl (C=O) groups excluding carboxylic acids is 1. The molecule has 14 heavy (non-hydrogen) atoms. The van der Waals surface area contributed by atoms with Gasteiger partial charge in [-0.1, -0.05) is 23.7 Å². The van der Waals surface area contributed by atoms with Gasteiger partial charge in [0.1, 0.15) is 0 Å². The molecule has 1 aromatic carbocycles. The molecule has 1 aromatic rings. The van der Waals surface area contributed by atoms with Gasteiger partial charge in [-0.2, -0.15) is 0 Å². The van der Waals surface area contributed by atoms with E-state index in [1.54, 1.807) is 6.07 Å². The van der Waals surface area contributed by atoms with E-state index in [2.05, 4.69) is 6.42 Å². The minimum Gasteiger partial charge on any atom is -0.294 e. The predicted molar refractivity (Wildman–Crippen MR) is 57.4 cm³/mol. The highest BCUT2D eigenvalue weighted by atomic mass is 35.5. The zero-order chi connectivity index (χ0) is 9.97. The lowest BCUT2D eigenvalue weighted by Gasteiger charge is -2.08. The highest BCUT2D eigenvalue weighted by molar-refractivity contribution is 6.34. The van der Waals surface area contributed by atoms with Gasteiger partial charge in [0.05, 0.1) is 5.02 Å². The first-order chi connectivity index (χ1) is 6.79. The summed E-state index contributed by atoms with van der Waals surface area (Å²) in [7, 11) is 0. The van der Waals surface area contributed by atoms with Gasteiger partial charge in [-0.05, 0) is 37.8 Å². The smallest absolute Gasteiger partial charge is 0.167 e. The summed E-state index contributed by atoms with van der Waals surface area (Å²) in [5.41, 5.74) is 0.675. The monoisotopic (exact) mass is 207 g/mol. The van der Waals surface area contributed by atoms with Gasteiger partial charge in [0.15, 0.2) is 5.78 Å². The quantitative estimate of drug-likeness (QED) is 0.679. The first-order valence-corrected chi connectivity index (χ1v) is 5.27. The van der Waals surface area contributed by atoms with Crippen LogP contribution in [0.1, 0.15) is 29.6 Å². The van der Waals surface area contributed by atoms with Crippen LogP contribution >= 0.6 is 11.6 Å². The third-order valence-electron chi connectivity index (χ3n) is 2.68. The van der Waals surface area contributed by atoms with Crippen LogP contribution in [-0.2, 0) is 0 Å². The van der Waals surface area contributed by atoms with Crippen molar-refractivity contribution < 1.29 is 4.79 Å². The number of carbonyl (C=O) groups is 1. The molecule has 1 saturated carbocycles. The second-order valence-electron chi connectivity index (χ2n) is 3.64. The molecule has 1 nitrogen and oxygen atoms in total. The first kappa shape index (κ1) is 9.72. The lowest BCUT2D eigenvalue weighted by Crippen LogP contribution is -2.11. The number of rotatable bonds is 2. The van der Waals surface area contributed by atoms with Crippen LogP contribution < -0.4 is 0 Å². The number of hydrogen-bond acceptors (Lipinski definition) is 1. The second kappa shape index (κ2) is 4.14. The van der Waals surface area contributed by atoms with E-state index in [-0.39, 0.29) is 11.7 Å². The van der Waals surface area contributed by atoms with Crippen LogP contribution in [0.3, 0.4) is 0 Å². The fraction of sp³-hybridized carbons (Fsp3) is 0.333. The highest BCUT2D eigenvalue weighted by Crippen LogP contribution is 2.29. The molecule has 0 N–H and O–H groups in total. The molecule has 2 rings (SSSR count). The van der Waals surface area contributed by atoms with Crippen LogP contribution in [0.25, 0.3) is 0 Å². The Kier molecular flexibility index (Phi) is 2.87. The predicted octanol–water partition coefficient (Wildman–Crippen LogP) is 3.53. The van der Waals surface area contributed by atoms with Crippen LogP contribution in [0.5, 0.6) is 0 Å². The molecule has 1 fully saturated rings. The Morgan fingerprint density at radius 2 is 2.14 bits per heavy atom. The van der Waals surface area contributed by atoms with Crippen molar-refractivity contribution in [2.75, 3.05) is 0 Å². The highest BCUT2D eigenvalue weighted by Gasteiger charge is 2.24. The standard InChI is InChI=1S/C12H12ClO/c13-11-8-4-3-7-10(11)12(14)9-5-1-2-6-9/h1,3-4,7-9H,2,5-6H2. The molecule has 0 aromatic heterocycles. The topological polar surface area (TPSA) is 17.1 Å². The average Bonchev–Trinajstić information content (AvgIpc) is 2.70. The molecule has 0 spiro atoms. The first-order valence-electron chi connectivity index (χ1n) is 4.89. The molecular weight excluding hydrogens is 196 g/mol. The third-order valence-corrected chi connectivity index (χ3v) is 3.01. The maximum Gasteiger partial charge on any atom is 0.167 e. The zero-order valence-corrected chi connectivity index (χ0v) is 8.63. The Morgan fingerprint density at radius 1 is 1.36 bits per heavy atom. The van der Waals surface area contributed by atoms with E-state index in [0.717, 1.165) is 19.3 Å². The molecule has 2 heteroatoms. The SMILES string of the molecule is O=C(c1ccccc1Cl)C1C[CH]CC1. The number of benzene rings is 1. The molecule has 1 unspecified atom stereocenters. The molecule has 0 aliphatic heterocycles. The van der Waals surface area contributed by atoms with Gasteiger partial charge in [-0.15, -0.1) is 0 Å². The minimum absolute atomic E-state index is 0.162. The zero-order valence-electron chi connectivity index (χ0n) is 7.87. The van der Waals surface area contributed by atoms with Crippen molar-refractivity contribution in [2.45, 2.75) is 19.3 Å². The summed E-state index contributed by atoms with van der Waals surface area (Å²) in [4.78, 5) is 12.0. The van der Waals surface area contributed by atoms with Crippen molar-refractivity contribution in [2.24, 2.45) is 5.92 Å². The van der Waals surface area contributed by atoms with Crippen LogP contribution in [0.2, 0.25) is 5.02 Å². The Labute approximate surface area is 89.1 Å². The summed E-state index contributed by atoms with van der Waals surface area (Å²) in [6.45, 7) is 0. The number of hydrogen-bond donors (Lipinski definition) is 0.